The molecule has 1 unspecified atom stereocenters. The van der Waals surface area contributed by atoms with Gasteiger partial charge in [0, 0.05) is 17.2 Å². The maximum absolute atomic E-state index is 14.8. The van der Waals surface area contributed by atoms with Crippen molar-refractivity contribution in [1.82, 2.24) is 14.1 Å². The average molecular weight is 633 g/mol. The van der Waals surface area contributed by atoms with Crippen LogP contribution in [0.5, 0.6) is 11.8 Å². The number of esters is 3. The number of aromatic nitrogens is 3. The molecule has 0 radical (unpaired) electrons. The SMILES string of the molecule is N#Cc1ccc(OC(=O)c2ccccc2)nc1OC(=O)c1cccc(C(=O)n2c(=O)c(F)cn(C3OC(=O)c4ccccc43)c2=O)c1. The normalized spacial score (nSPS) is 13.2. The molecule has 47 heavy (non-hydrogen) atoms. The Bertz CT molecular complexity index is 2290. The summed E-state index contributed by atoms with van der Waals surface area (Å²) in [5.41, 5.74) is -3.20. The van der Waals surface area contributed by atoms with E-state index >= 15 is 0 Å². The van der Waals surface area contributed by atoms with Crippen LogP contribution in [0, 0.1) is 17.1 Å². The van der Waals surface area contributed by atoms with Crippen molar-refractivity contribution in [3.05, 3.63) is 157 Å². The quantitative estimate of drug-likeness (QED) is 0.251. The highest BCUT2D eigenvalue weighted by molar-refractivity contribution is 5.99. The zero-order valence-electron chi connectivity index (χ0n) is 23.7. The smallest absolute Gasteiger partial charge is 0.344 e. The Morgan fingerprint density at radius 2 is 1.51 bits per heavy atom. The Kier molecular flexibility index (Phi) is 7.78. The van der Waals surface area contributed by atoms with Gasteiger partial charge in [-0.15, -0.1) is 0 Å². The molecule has 14 heteroatoms. The Labute approximate surface area is 262 Å². The number of pyridine rings is 1. The van der Waals surface area contributed by atoms with Crippen LogP contribution < -0.4 is 20.7 Å². The summed E-state index contributed by atoms with van der Waals surface area (Å²) in [5.74, 6) is -6.24. The zero-order chi connectivity index (χ0) is 33.2. The zero-order valence-corrected chi connectivity index (χ0v) is 23.7. The van der Waals surface area contributed by atoms with E-state index in [9.17, 15) is 38.4 Å². The van der Waals surface area contributed by atoms with Gasteiger partial charge in [-0.3, -0.25) is 14.2 Å². The molecule has 3 aromatic carbocycles. The van der Waals surface area contributed by atoms with Crippen molar-refractivity contribution >= 4 is 23.8 Å². The second-order valence-electron chi connectivity index (χ2n) is 9.80. The molecule has 0 amide bonds. The van der Waals surface area contributed by atoms with E-state index in [1.807, 2.05) is 0 Å². The fourth-order valence-corrected chi connectivity index (χ4v) is 4.65. The van der Waals surface area contributed by atoms with Gasteiger partial charge in [-0.1, -0.05) is 42.5 Å². The maximum Gasteiger partial charge on any atom is 0.344 e. The number of fused-ring (bicyclic) bond motifs is 1. The van der Waals surface area contributed by atoms with E-state index in [1.54, 1.807) is 36.4 Å². The van der Waals surface area contributed by atoms with Crippen molar-refractivity contribution in [2.24, 2.45) is 0 Å². The van der Waals surface area contributed by atoms with Gasteiger partial charge in [-0.2, -0.15) is 19.2 Å². The van der Waals surface area contributed by atoms with E-state index in [-0.39, 0.29) is 38.3 Å². The predicted molar refractivity (Wildman–Crippen MR) is 156 cm³/mol. The number of carbonyl (C=O) groups is 4. The summed E-state index contributed by atoms with van der Waals surface area (Å²) < 4.78 is 31.1. The molecule has 0 saturated heterocycles. The van der Waals surface area contributed by atoms with Gasteiger partial charge >= 0.3 is 23.6 Å². The molecule has 0 saturated carbocycles. The molecule has 0 spiro atoms. The van der Waals surface area contributed by atoms with Crippen molar-refractivity contribution < 1.29 is 37.8 Å². The Balaban J connectivity index is 1.28. The molecule has 0 bridgehead atoms. The van der Waals surface area contributed by atoms with Crippen molar-refractivity contribution in [1.29, 1.82) is 5.26 Å². The van der Waals surface area contributed by atoms with E-state index in [0.717, 1.165) is 12.1 Å². The number of nitrogens with zero attached hydrogens (tertiary/aromatic N) is 4. The van der Waals surface area contributed by atoms with Crippen molar-refractivity contribution in [3.63, 3.8) is 0 Å². The number of cyclic esters (lactones) is 1. The van der Waals surface area contributed by atoms with Gasteiger partial charge in [0.25, 0.3) is 11.5 Å². The van der Waals surface area contributed by atoms with Crippen LogP contribution in [-0.4, -0.2) is 37.9 Å². The van der Waals surface area contributed by atoms with Gasteiger partial charge in [0.2, 0.25) is 23.8 Å². The van der Waals surface area contributed by atoms with Gasteiger partial charge in [0.05, 0.1) is 22.9 Å². The maximum atomic E-state index is 14.8. The molecule has 5 aromatic rings. The molecule has 1 atom stereocenters. The molecule has 0 aliphatic carbocycles. The number of hydrogen-bond donors (Lipinski definition) is 0. The van der Waals surface area contributed by atoms with Crippen LogP contribution >= 0.6 is 0 Å². The minimum Gasteiger partial charge on any atom is -0.433 e. The largest absolute Gasteiger partial charge is 0.433 e. The second kappa shape index (κ2) is 12.2. The van der Waals surface area contributed by atoms with Gasteiger partial charge < -0.3 is 14.2 Å². The molecule has 1 aliphatic heterocycles. The van der Waals surface area contributed by atoms with Crippen LogP contribution in [0.15, 0.2) is 107 Å². The molecular weight excluding hydrogens is 615 g/mol. The number of carbonyl (C=O) groups excluding carboxylic acids is 4. The summed E-state index contributed by atoms with van der Waals surface area (Å²) in [6, 6.07) is 22.8. The van der Waals surface area contributed by atoms with Gasteiger partial charge in [0.1, 0.15) is 11.6 Å². The standard InChI is InChI=1S/C33H17FN4O9/c34-24-17-37(29-22-11-4-5-12-23(22)32(43)47-29)33(44)38(28(24)40)27(39)19-9-6-10-20(15-19)31(42)46-26-21(16-35)13-14-25(36-26)45-30(41)18-7-2-1-3-8-18/h1-15,17,29H. The summed E-state index contributed by atoms with van der Waals surface area (Å²) in [5, 5.41) is 9.48. The Hall–Kier alpha value is -7.01. The van der Waals surface area contributed by atoms with Crippen LogP contribution in [0.4, 0.5) is 4.39 Å². The molecule has 230 valence electrons. The summed E-state index contributed by atoms with van der Waals surface area (Å²) in [6.07, 6.45) is -0.918. The van der Waals surface area contributed by atoms with Crippen LogP contribution in [0.25, 0.3) is 0 Å². The molecule has 2 aromatic heterocycles. The van der Waals surface area contributed by atoms with Crippen LogP contribution in [0.3, 0.4) is 0 Å². The third kappa shape index (κ3) is 5.67. The lowest BCUT2D eigenvalue weighted by molar-refractivity contribution is 0.0303. The van der Waals surface area contributed by atoms with E-state index in [0.29, 0.717) is 10.8 Å². The van der Waals surface area contributed by atoms with Crippen molar-refractivity contribution in [2.45, 2.75) is 6.23 Å². The summed E-state index contributed by atoms with van der Waals surface area (Å²) in [7, 11) is 0. The van der Waals surface area contributed by atoms with Crippen LogP contribution in [0.1, 0.15) is 58.8 Å². The molecule has 1 aliphatic rings. The first-order chi connectivity index (χ1) is 22.7. The average Bonchev–Trinajstić information content (AvgIpc) is 3.42. The van der Waals surface area contributed by atoms with Gasteiger partial charge in [0.15, 0.2) is 0 Å². The molecule has 3 heterocycles. The third-order valence-electron chi connectivity index (χ3n) is 6.89. The first-order valence-corrected chi connectivity index (χ1v) is 13.5. The van der Waals surface area contributed by atoms with Crippen LogP contribution in [-0.2, 0) is 4.74 Å². The summed E-state index contributed by atoms with van der Waals surface area (Å²) in [6.45, 7) is 0. The lowest BCUT2D eigenvalue weighted by atomic mass is 10.1. The topological polar surface area (TPSA) is 177 Å². The Morgan fingerprint density at radius 3 is 2.28 bits per heavy atom. The van der Waals surface area contributed by atoms with Crippen LogP contribution in [0.2, 0.25) is 0 Å². The lowest BCUT2D eigenvalue weighted by Gasteiger charge is -2.16. The first-order valence-electron chi connectivity index (χ1n) is 13.5. The van der Waals surface area contributed by atoms with Gasteiger partial charge in [-0.25, -0.2) is 19.2 Å². The fraction of sp³-hybridized carbons (Fsp3) is 0.0303. The van der Waals surface area contributed by atoms with Crippen molar-refractivity contribution in [3.8, 4) is 17.8 Å². The molecule has 0 fully saturated rings. The van der Waals surface area contributed by atoms with E-state index in [1.165, 1.54) is 48.5 Å². The highest BCUT2D eigenvalue weighted by Gasteiger charge is 2.34. The number of hydrogen-bond acceptors (Lipinski definition) is 11. The molecule has 13 nitrogen and oxygen atoms in total. The predicted octanol–water partition coefficient (Wildman–Crippen LogP) is 3.26. The second-order valence-corrected chi connectivity index (χ2v) is 9.80. The van der Waals surface area contributed by atoms with E-state index in [4.69, 9.17) is 14.2 Å². The van der Waals surface area contributed by atoms with E-state index in [2.05, 4.69) is 4.98 Å². The third-order valence-corrected chi connectivity index (χ3v) is 6.89. The number of ether oxygens (including phenoxy) is 3. The minimum atomic E-state index is -1.58. The monoisotopic (exact) mass is 632 g/mol. The molecule has 0 N–H and O–H groups in total. The van der Waals surface area contributed by atoms with E-state index < -0.39 is 58.6 Å². The fourth-order valence-electron chi connectivity index (χ4n) is 4.65. The Morgan fingerprint density at radius 1 is 0.830 bits per heavy atom. The summed E-state index contributed by atoms with van der Waals surface area (Å²) in [4.78, 5) is 81.2. The number of rotatable bonds is 6. The number of benzene rings is 3. The minimum absolute atomic E-state index is 0.00838. The highest BCUT2D eigenvalue weighted by Crippen LogP contribution is 2.30. The number of nitriles is 1. The lowest BCUT2D eigenvalue weighted by Crippen LogP contribution is -2.46. The van der Waals surface area contributed by atoms with Gasteiger partial charge in [-0.05, 0) is 42.5 Å². The number of halogens is 1. The first kappa shape index (κ1) is 30.0. The van der Waals surface area contributed by atoms with Crippen molar-refractivity contribution in [2.75, 3.05) is 0 Å². The highest BCUT2D eigenvalue weighted by atomic mass is 19.1. The molecular formula is C33H17FN4O9. The molecule has 6 rings (SSSR count). The summed E-state index contributed by atoms with van der Waals surface area (Å²) >= 11 is 0.